The van der Waals surface area contributed by atoms with Crippen molar-refractivity contribution in [2.45, 2.75) is 45.6 Å². The highest BCUT2D eigenvalue weighted by molar-refractivity contribution is 5.95. The van der Waals surface area contributed by atoms with Crippen LogP contribution in [0.2, 0.25) is 0 Å². The first-order chi connectivity index (χ1) is 18.4. The van der Waals surface area contributed by atoms with Gasteiger partial charge in [0.2, 0.25) is 5.91 Å². The van der Waals surface area contributed by atoms with E-state index in [0.717, 1.165) is 48.1 Å². The number of esters is 1. The van der Waals surface area contributed by atoms with Crippen LogP contribution in [-0.4, -0.2) is 32.6 Å². The Labute approximate surface area is 226 Å². The highest BCUT2D eigenvalue weighted by Crippen LogP contribution is 2.30. The summed E-state index contributed by atoms with van der Waals surface area (Å²) in [7, 11) is 4.08. The molecule has 1 fully saturated rings. The second kappa shape index (κ2) is 13.1. The zero-order valence-electron chi connectivity index (χ0n) is 22.7. The third-order valence-corrected chi connectivity index (χ3v) is 7.11. The Bertz CT molecular complexity index is 1240. The zero-order valence-corrected chi connectivity index (χ0v) is 22.7. The molecule has 0 bridgehead atoms. The van der Waals surface area contributed by atoms with Crippen LogP contribution in [0, 0.1) is 5.92 Å². The minimum absolute atomic E-state index is 0.0527. The van der Waals surface area contributed by atoms with Gasteiger partial charge in [0.25, 0.3) is 0 Å². The number of ether oxygens (including phenoxy) is 1. The van der Waals surface area contributed by atoms with E-state index in [0.29, 0.717) is 13.2 Å². The average Bonchev–Trinajstić information content (AvgIpc) is 2.95. The topological polar surface area (TPSA) is 49.9 Å². The Morgan fingerprint density at radius 1 is 0.868 bits per heavy atom. The van der Waals surface area contributed by atoms with Crippen molar-refractivity contribution in [3.05, 3.63) is 90.0 Å². The molecule has 0 N–H and O–H groups in total. The van der Waals surface area contributed by atoms with Gasteiger partial charge in [0.05, 0.1) is 13.2 Å². The summed E-state index contributed by atoms with van der Waals surface area (Å²) in [5, 5.41) is 0. The Kier molecular flexibility index (Phi) is 9.36. The molecule has 0 aliphatic heterocycles. The predicted octanol–water partition coefficient (Wildman–Crippen LogP) is 7.11. The molecule has 0 heterocycles. The van der Waals surface area contributed by atoms with Gasteiger partial charge in [-0.15, -0.1) is 0 Å². The fourth-order valence-corrected chi connectivity index (χ4v) is 4.95. The SMILES string of the molecule is CCOC(=O)/C=C/c1cccc(N(Cc2ccc(-c3ccc(N(C)C)cc3)cc2)C(=O)C2CCCCC2)c1. The van der Waals surface area contributed by atoms with Crippen LogP contribution < -0.4 is 9.80 Å². The van der Waals surface area contributed by atoms with E-state index in [9.17, 15) is 9.59 Å². The maximum absolute atomic E-state index is 13.8. The molecule has 5 heteroatoms. The van der Waals surface area contributed by atoms with Gasteiger partial charge in [-0.05, 0) is 72.4 Å². The summed E-state index contributed by atoms with van der Waals surface area (Å²) in [6.45, 7) is 2.63. The number of amides is 1. The van der Waals surface area contributed by atoms with Crippen molar-refractivity contribution >= 4 is 29.3 Å². The highest BCUT2D eigenvalue weighted by atomic mass is 16.5. The van der Waals surface area contributed by atoms with Crippen molar-refractivity contribution in [1.29, 1.82) is 0 Å². The van der Waals surface area contributed by atoms with Crippen molar-refractivity contribution in [2.75, 3.05) is 30.5 Å². The fourth-order valence-electron chi connectivity index (χ4n) is 4.95. The zero-order chi connectivity index (χ0) is 26.9. The quantitative estimate of drug-likeness (QED) is 0.227. The van der Waals surface area contributed by atoms with Crippen molar-refractivity contribution in [3.8, 4) is 11.1 Å². The Morgan fingerprint density at radius 2 is 1.53 bits per heavy atom. The lowest BCUT2D eigenvalue weighted by Crippen LogP contribution is -2.36. The van der Waals surface area contributed by atoms with Gasteiger partial charge in [-0.3, -0.25) is 4.79 Å². The Balaban J connectivity index is 1.57. The number of hydrogen-bond donors (Lipinski definition) is 0. The largest absolute Gasteiger partial charge is 0.463 e. The fraction of sp³-hybridized carbons (Fsp3) is 0.333. The first-order valence-electron chi connectivity index (χ1n) is 13.6. The van der Waals surface area contributed by atoms with Gasteiger partial charge in [0.15, 0.2) is 0 Å². The number of carbonyl (C=O) groups excluding carboxylic acids is 2. The van der Waals surface area contributed by atoms with E-state index in [1.165, 1.54) is 23.7 Å². The number of anilines is 2. The minimum atomic E-state index is -0.371. The molecule has 4 rings (SSSR count). The molecule has 0 unspecified atom stereocenters. The molecule has 198 valence electrons. The van der Waals surface area contributed by atoms with Gasteiger partial charge in [-0.25, -0.2) is 4.79 Å². The van der Waals surface area contributed by atoms with Crippen LogP contribution in [0.15, 0.2) is 78.9 Å². The number of nitrogens with zero attached hydrogens (tertiary/aromatic N) is 2. The lowest BCUT2D eigenvalue weighted by atomic mass is 9.88. The molecule has 3 aromatic carbocycles. The van der Waals surface area contributed by atoms with Crippen molar-refractivity contribution in [3.63, 3.8) is 0 Å². The molecule has 0 spiro atoms. The molecule has 1 saturated carbocycles. The van der Waals surface area contributed by atoms with Gasteiger partial charge in [0.1, 0.15) is 0 Å². The predicted molar refractivity (Wildman–Crippen MR) is 156 cm³/mol. The van der Waals surface area contributed by atoms with Gasteiger partial charge in [0, 0.05) is 37.5 Å². The highest BCUT2D eigenvalue weighted by Gasteiger charge is 2.27. The van der Waals surface area contributed by atoms with Crippen LogP contribution in [0.3, 0.4) is 0 Å². The number of benzene rings is 3. The molecule has 1 amide bonds. The third-order valence-electron chi connectivity index (χ3n) is 7.11. The van der Waals surface area contributed by atoms with E-state index in [1.54, 1.807) is 13.0 Å². The molecule has 0 saturated heterocycles. The smallest absolute Gasteiger partial charge is 0.330 e. The van der Waals surface area contributed by atoms with Gasteiger partial charge < -0.3 is 14.5 Å². The van der Waals surface area contributed by atoms with Crippen LogP contribution in [0.25, 0.3) is 17.2 Å². The molecular weight excluding hydrogens is 472 g/mol. The maximum atomic E-state index is 13.8. The van der Waals surface area contributed by atoms with E-state index in [4.69, 9.17) is 4.74 Å². The summed E-state index contributed by atoms with van der Waals surface area (Å²) in [6, 6.07) is 24.8. The molecule has 5 nitrogen and oxygen atoms in total. The van der Waals surface area contributed by atoms with Crippen LogP contribution in [0.4, 0.5) is 11.4 Å². The van der Waals surface area contributed by atoms with Crippen molar-refractivity contribution < 1.29 is 14.3 Å². The first-order valence-corrected chi connectivity index (χ1v) is 13.6. The monoisotopic (exact) mass is 510 g/mol. The van der Waals surface area contributed by atoms with Crippen molar-refractivity contribution in [2.24, 2.45) is 5.92 Å². The summed E-state index contributed by atoms with van der Waals surface area (Å²) in [5.74, 6) is -0.138. The first kappa shape index (κ1) is 27.2. The summed E-state index contributed by atoms with van der Waals surface area (Å²) in [6.07, 6.45) is 8.47. The van der Waals surface area contributed by atoms with Crippen LogP contribution in [-0.2, 0) is 20.9 Å². The molecular formula is C33H38N2O3. The number of hydrogen-bond acceptors (Lipinski definition) is 4. The molecule has 0 aromatic heterocycles. The van der Waals surface area contributed by atoms with Gasteiger partial charge in [-0.1, -0.05) is 67.8 Å². The van der Waals surface area contributed by atoms with Crippen LogP contribution in [0.1, 0.15) is 50.2 Å². The number of carbonyl (C=O) groups is 2. The van der Waals surface area contributed by atoms with E-state index in [2.05, 4.69) is 53.4 Å². The van der Waals surface area contributed by atoms with E-state index in [1.807, 2.05) is 43.3 Å². The van der Waals surface area contributed by atoms with E-state index >= 15 is 0 Å². The standard InChI is InChI=1S/C33H38N2O3/c1-4-38-32(36)22-15-25-9-8-12-31(23-25)35(33(37)29-10-6-5-7-11-29)24-26-13-16-27(17-14-26)28-18-20-30(21-19-28)34(2)3/h8-9,12-23,29H,4-7,10-11,24H2,1-3H3/b22-15+. The molecule has 3 aromatic rings. The molecule has 0 atom stereocenters. The lowest BCUT2D eigenvalue weighted by molar-refractivity contribution is -0.137. The molecule has 1 aliphatic carbocycles. The Morgan fingerprint density at radius 3 is 2.16 bits per heavy atom. The van der Waals surface area contributed by atoms with Crippen molar-refractivity contribution in [1.82, 2.24) is 0 Å². The molecule has 1 aliphatic rings. The second-order valence-corrected chi connectivity index (χ2v) is 10.1. The summed E-state index contributed by atoms with van der Waals surface area (Å²) in [5.41, 5.74) is 6.26. The van der Waals surface area contributed by atoms with E-state index in [-0.39, 0.29) is 17.8 Å². The molecule has 38 heavy (non-hydrogen) atoms. The average molecular weight is 511 g/mol. The molecule has 0 radical (unpaired) electrons. The van der Waals surface area contributed by atoms with E-state index < -0.39 is 0 Å². The summed E-state index contributed by atoms with van der Waals surface area (Å²) >= 11 is 0. The summed E-state index contributed by atoms with van der Waals surface area (Å²) in [4.78, 5) is 29.6. The summed E-state index contributed by atoms with van der Waals surface area (Å²) < 4.78 is 5.00. The van der Waals surface area contributed by atoms with Crippen LogP contribution >= 0.6 is 0 Å². The minimum Gasteiger partial charge on any atom is -0.463 e. The normalized spacial score (nSPS) is 13.9. The van der Waals surface area contributed by atoms with Gasteiger partial charge >= 0.3 is 5.97 Å². The number of rotatable bonds is 9. The Hall–Kier alpha value is -3.86. The second-order valence-electron chi connectivity index (χ2n) is 10.1. The van der Waals surface area contributed by atoms with Crippen LogP contribution in [0.5, 0.6) is 0 Å². The lowest BCUT2D eigenvalue weighted by Gasteiger charge is -2.30. The third kappa shape index (κ3) is 7.12. The maximum Gasteiger partial charge on any atom is 0.330 e. The van der Waals surface area contributed by atoms with Gasteiger partial charge in [-0.2, -0.15) is 0 Å².